The highest BCUT2D eigenvalue weighted by Gasteiger charge is 2.69. The van der Waals surface area contributed by atoms with Crippen LogP contribution in [0.2, 0.25) is 0 Å². The number of hydrogen-bond donors (Lipinski definition) is 2. The Morgan fingerprint density at radius 3 is 2.48 bits per heavy atom. The maximum Gasteiger partial charge on any atom is 0.270 e. The Labute approximate surface area is 181 Å². The number of carbonyl (C=O) groups is 2. The van der Waals surface area contributed by atoms with Crippen LogP contribution in [0.1, 0.15) is 55.1 Å². The minimum Gasteiger partial charge on any atom is -0.378 e. The van der Waals surface area contributed by atoms with Gasteiger partial charge in [0.25, 0.3) is 5.91 Å². The molecule has 0 unspecified atom stereocenters. The van der Waals surface area contributed by atoms with Crippen molar-refractivity contribution >= 4 is 22.7 Å². The number of fused-ring (bicyclic) bond motifs is 1. The van der Waals surface area contributed by atoms with Gasteiger partial charge in [0.2, 0.25) is 5.91 Å². The fourth-order valence-corrected chi connectivity index (χ4v) is 5.28. The maximum absolute atomic E-state index is 12.7. The quantitative estimate of drug-likeness (QED) is 0.681. The molecular weight excluding hydrogens is 394 g/mol. The van der Waals surface area contributed by atoms with E-state index in [1.54, 1.807) is 6.07 Å². The molecule has 164 valence electrons. The summed E-state index contributed by atoms with van der Waals surface area (Å²) in [7, 11) is 0. The molecule has 7 nitrogen and oxygen atoms in total. The molecule has 4 fully saturated rings. The molecule has 4 saturated carbocycles. The largest absolute Gasteiger partial charge is 0.378 e. The first-order valence-electron chi connectivity index (χ1n) is 11.1. The number of hydrogen-bond acceptors (Lipinski definition) is 5. The third-order valence-electron chi connectivity index (χ3n) is 6.80. The SMILES string of the molecule is CCOC1CC(OCC(=O)NC23CC(NC(=O)c4ccc5cc(C)ccc5n4)(C2)C3)C1. The maximum atomic E-state index is 12.7. The minimum atomic E-state index is -0.214. The topological polar surface area (TPSA) is 89.5 Å². The number of nitrogens with zero attached hydrogens (tertiary/aromatic N) is 1. The van der Waals surface area contributed by atoms with Crippen LogP contribution in [0.25, 0.3) is 10.9 Å². The van der Waals surface area contributed by atoms with Gasteiger partial charge in [-0.3, -0.25) is 9.59 Å². The van der Waals surface area contributed by atoms with Crippen LogP contribution in [0.5, 0.6) is 0 Å². The standard InChI is InChI=1S/C24H29N3O4/c1-3-30-17-9-18(10-17)31-11-21(28)26-23-12-24(13-23,14-23)27-22(29)20-7-5-16-8-15(2)4-6-19(16)25-20/h4-8,17-18H,3,9-14H2,1-2H3,(H,26,28)(H,27,29). The second-order valence-electron chi connectivity index (χ2n) is 9.47. The first-order chi connectivity index (χ1) is 14.9. The van der Waals surface area contributed by atoms with Gasteiger partial charge in [0.05, 0.1) is 17.7 Å². The number of rotatable bonds is 8. The molecule has 6 rings (SSSR count). The smallest absolute Gasteiger partial charge is 0.270 e. The van der Waals surface area contributed by atoms with E-state index in [4.69, 9.17) is 9.47 Å². The molecule has 7 heteroatoms. The second-order valence-corrected chi connectivity index (χ2v) is 9.47. The summed E-state index contributed by atoms with van der Waals surface area (Å²) in [6.45, 7) is 4.83. The van der Waals surface area contributed by atoms with Gasteiger partial charge in [-0.05, 0) is 64.2 Å². The number of benzene rings is 1. The molecule has 0 radical (unpaired) electrons. The van der Waals surface area contributed by atoms with Crippen LogP contribution in [0.4, 0.5) is 0 Å². The average molecular weight is 424 g/mol. The molecule has 0 spiro atoms. The van der Waals surface area contributed by atoms with Crippen molar-refractivity contribution in [3.8, 4) is 0 Å². The molecule has 2 bridgehead atoms. The molecule has 2 aromatic rings. The van der Waals surface area contributed by atoms with E-state index >= 15 is 0 Å². The van der Waals surface area contributed by atoms with E-state index in [0.29, 0.717) is 5.69 Å². The molecule has 1 aromatic carbocycles. The normalized spacial score (nSPS) is 30.6. The van der Waals surface area contributed by atoms with Gasteiger partial charge in [-0.15, -0.1) is 0 Å². The molecule has 2 amide bonds. The van der Waals surface area contributed by atoms with Crippen molar-refractivity contribution in [1.29, 1.82) is 0 Å². The highest BCUT2D eigenvalue weighted by atomic mass is 16.5. The van der Waals surface area contributed by atoms with Crippen molar-refractivity contribution in [2.45, 2.75) is 69.2 Å². The minimum absolute atomic E-state index is 0.0778. The molecule has 4 aliphatic rings. The van der Waals surface area contributed by atoms with E-state index in [1.165, 1.54) is 5.56 Å². The number of pyridine rings is 1. The van der Waals surface area contributed by atoms with E-state index < -0.39 is 0 Å². The van der Waals surface area contributed by atoms with E-state index in [9.17, 15) is 9.59 Å². The van der Waals surface area contributed by atoms with Crippen molar-refractivity contribution in [2.24, 2.45) is 0 Å². The molecule has 0 aliphatic heterocycles. The van der Waals surface area contributed by atoms with Crippen LogP contribution >= 0.6 is 0 Å². The molecule has 1 heterocycles. The van der Waals surface area contributed by atoms with Crippen molar-refractivity contribution in [1.82, 2.24) is 15.6 Å². The third kappa shape index (κ3) is 3.92. The van der Waals surface area contributed by atoms with Crippen LogP contribution in [0, 0.1) is 6.92 Å². The lowest BCUT2D eigenvalue weighted by atomic mass is 9.44. The van der Waals surface area contributed by atoms with Gasteiger partial charge in [0.1, 0.15) is 12.3 Å². The number of carbonyl (C=O) groups excluding carboxylic acids is 2. The zero-order valence-electron chi connectivity index (χ0n) is 18.1. The monoisotopic (exact) mass is 423 g/mol. The van der Waals surface area contributed by atoms with Crippen LogP contribution in [0.15, 0.2) is 30.3 Å². The van der Waals surface area contributed by atoms with Gasteiger partial charge in [-0.1, -0.05) is 17.7 Å². The van der Waals surface area contributed by atoms with Crippen molar-refractivity contribution in [3.05, 3.63) is 41.6 Å². The first-order valence-corrected chi connectivity index (χ1v) is 11.1. The molecule has 0 atom stereocenters. The van der Waals surface area contributed by atoms with Crippen LogP contribution in [-0.2, 0) is 14.3 Å². The predicted octanol–water partition coefficient (Wildman–Crippen LogP) is 2.65. The lowest BCUT2D eigenvalue weighted by molar-refractivity contribution is -0.151. The zero-order chi connectivity index (χ0) is 21.6. The Bertz CT molecular complexity index is 1010. The lowest BCUT2D eigenvalue weighted by Gasteiger charge is -2.70. The van der Waals surface area contributed by atoms with Gasteiger partial charge < -0.3 is 20.1 Å². The molecular formula is C24H29N3O4. The summed E-state index contributed by atoms with van der Waals surface area (Å²) in [5, 5.41) is 7.27. The molecule has 2 N–H and O–H groups in total. The highest BCUT2D eigenvalue weighted by Crippen LogP contribution is 2.60. The van der Waals surface area contributed by atoms with E-state index in [-0.39, 0.29) is 41.7 Å². The van der Waals surface area contributed by atoms with Crippen molar-refractivity contribution in [2.75, 3.05) is 13.2 Å². The van der Waals surface area contributed by atoms with Crippen molar-refractivity contribution < 1.29 is 19.1 Å². The fraction of sp³-hybridized carbons (Fsp3) is 0.542. The summed E-state index contributed by atoms with van der Waals surface area (Å²) in [6, 6.07) is 9.70. The van der Waals surface area contributed by atoms with E-state index in [2.05, 4.69) is 21.7 Å². The number of ether oxygens (including phenoxy) is 2. The summed E-state index contributed by atoms with van der Waals surface area (Å²) in [5.41, 5.74) is 2.01. The van der Waals surface area contributed by atoms with Gasteiger partial charge in [-0.25, -0.2) is 4.98 Å². The first kappa shape index (κ1) is 20.4. The Morgan fingerprint density at radius 2 is 1.74 bits per heavy atom. The summed E-state index contributed by atoms with van der Waals surface area (Å²) in [5.74, 6) is -0.231. The lowest BCUT2D eigenvalue weighted by Crippen LogP contribution is -2.84. The average Bonchev–Trinajstić information content (AvgIpc) is 2.66. The number of aromatic nitrogens is 1. The van der Waals surface area contributed by atoms with Crippen LogP contribution in [0.3, 0.4) is 0 Å². The van der Waals surface area contributed by atoms with E-state index in [0.717, 1.165) is 49.6 Å². The van der Waals surface area contributed by atoms with Gasteiger partial charge >= 0.3 is 0 Å². The highest BCUT2D eigenvalue weighted by molar-refractivity contribution is 5.95. The van der Waals surface area contributed by atoms with Gasteiger partial charge in [0, 0.05) is 23.1 Å². The Morgan fingerprint density at radius 1 is 1.03 bits per heavy atom. The second kappa shape index (κ2) is 7.57. The molecule has 4 aliphatic carbocycles. The van der Waals surface area contributed by atoms with Gasteiger partial charge in [-0.2, -0.15) is 0 Å². The Hall–Kier alpha value is -2.51. The summed E-state index contributed by atoms with van der Waals surface area (Å²) >= 11 is 0. The van der Waals surface area contributed by atoms with Gasteiger partial charge in [0.15, 0.2) is 0 Å². The molecule has 1 aromatic heterocycles. The van der Waals surface area contributed by atoms with Crippen molar-refractivity contribution in [3.63, 3.8) is 0 Å². The Kier molecular flexibility index (Phi) is 4.98. The van der Waals surface area contributed by atoms with Crippen LogP contribution < -0.4 is 10.6 Å². The predicted molar refractivity (Wildman–Crippen MR) is 116 cm³/mol. The molecule has 31 heavy (non-hydrogen) atoms. The number of nitrogens with one attached hydrogen (secondary N) is 2. The Balaban J connectivity index is 1.07. The number of aryl methyl sites for hydroxylation is 1. The number of amides is 2. The fourth-order valence-electron chi connectivity index (χ4n) is 5.28. The summed E-state index contributed by atoms with van der Waals surface area (Å²) in [4.78, 5) is 29.5. The zero-order valence-corrected chi connectivity index (χ0v) is 18.1. The molecule has 0 saturated heterocycles. The third-order valence-corrected chi connectivity index (χ3v) is 6.80. The van der Waals surface area contributed by atoms with Crippen LogP contribution in [-0.4, -0.2) is 53.3 Å². The summed E-state index contributed by atoms with van der Waals surface area (Å²) < 4.78 is 11.2. The summed E-state index contributed by atoms with van der Waals surface area (Å²) in [6.07, 6.45) is 4.42. The van der Waals surface area contributed by atoms with E-state index in [1.807, 2.05) is 32.0 Å².